The maximum absolute atomic E-state index is 11.7. The van der Waals surface area contributed by atoms with Crippen LogP contribution < -0.4 is 11.1 Å². The number of benzene rings is 1. The summed E-state index contributed by atoms with van der Waals surface area (Å²) in [5.74, 6) is 0. The number of carbonyl (C=O) groups is 1. The van der Waals surface area contributed by atoms with Gasteiger partial charge in [0.2, 0.25) is 0 Å². The second-order valence-corrected chi connectivity index (χ2v) is 4.77. The van der Waals surface area contributed by atoms with Crippen LogP contribution in [-0.2, 0) is 4.74 Å². The van der Waals surface area contributed by atoms with Crippen LogP contribution in [0.3, 0.4) is 0 Å². The molecule has 100 valence electrons. The summed E-state index contributed by atoms with van der Waals surface area (Å²) in [7, 11) is 0. The number of rotatable bonds is 2. The molecule has 0 bridgehead atoms. The van der Waals surface area contributed by atoms with Gasteiger partial charge in [0, 0.05) is 11.7 Å². The molecule has 0 aliphatic heterocycles. The summed E-state index contributed by atoms with van der Waals surface area (Å²) < 4.78 is 5.33. The molecule has 0 aromatic heterocycles. The van der Waals surface area contributed by atoms with Crippen LogP contribution in [-0.4, -0.2) is 18.2 Å². The van der Waals surface area contributed by atoms with E-state index < -0.39 is 6.09 Å². The third-order valence-corrected chi connectivity index (χ3v) is 3.20. The number of nitrogens with zero attached hydrogens (tertiary/aromatic N) is 1. The van der Waals surface area contributed by atoms with E-state index in [2.05, 4.69) is 5.32 Å². The molecule has 0 radical (unpaired) electrons. The summed E-state index contributed by atoms with van der Waals surface area (Å²) in [6, 6.07) is 8.78. The van der Waals surface area contributed by atoms with Gasteiger partial charge in [0.15, 0.2) is 0 Å². The van der Waals surface area contributed by atoms with Crippen LogP contribution in [0.5, 0.6) is 0 Å². The summed E-state index contributed by atoms with van der Waals surface area (Å²) >= 11 is 0. The van der Waals surface area contributed by atoms with Crippen LogP contribution in [0.1, 0.15) is 31.2 Å². The van der Waals surface area contributed by atoms with Gasteiger partial charge in [-0.15, -0.1) is 0 Å². The highest BCUT2D eigenvalue weighted by Gasteiger charge is 2.22. The molecule has 1 aromatic carbocycles. The molecule has 19 heavy (non-hydrogen) atoms. The summed E-state index contributed by atoms with van der Waals surface area (Å²) in [4.78, 5) is 11.7. The minimum atomic E-state index is -0.469. The van der Waals surface area contributed by atoms with Crippen LogP contribution in [0, 0.1) is 11.3 Å². The zero-order valence-electron chi connectivity index (χ0n) is 10.6. The molecule has 0 spiro atoms. The number of nitrogens with one attached hydrogen (secondary N) is 1. The van der Waals surface area contributed by atoms with Gasteiger partial charge in [0.05, 0.1) is 11.6 Å². The van der Waals surface area contributed by atoms with Crippen LogP contribution in [0.15, 0.2) is 24.3 Å². The van der Waals surface area contributed by atoms with E-state index in [-0.39, 0.29) is 12.1 Å². The first-order chi connectivity index (χ1) is 9.17. The van der Waals surface area contributed by atoms with Gasteiger partial charge in [-0.05, 0) is 49.9 Å². The number of anilines is 1. The molecule has 1 aliphatic rings. The van der Waals surface area contributed by atoms with E-state index >= 15 is 0 Å². The first-order valence-electron chi connectivity index (χ1n) is 6.41. The lowest BCUT2D eigenvalue weighted by Gasteiger charge is -2.26. The molecule has 1 fully saturated rings. The SMILES string of the molecule is N#Cc1ccc(NC(=O)OC2CCCC(N)C2)cc1. The standard InChI is InChI=1S/C14H17N3O2/c15-9-10-4-6-12(7-5-10)17-14(18)19-13-3-1-2-11(16)8-13/h4-7,11,13H,1-3,8,16H2,(H,17,18). The molecule has 0 heterocycles. The molecule has 5 nitrogen and oxygen atoms in total. The van der Waals surface area contributed by atoms with Gasteiger partial charge in [0.25, 0.3) is 0 Å². The molecule has 1 amide bonds. The summed E-state index contributed by atoms with van der Waals surface area (Å²) in [6.07, 6.45) is 3.02. The fourth-order valence-electron chi connectivity index (χ4n) is 2.21. The van der Waals surface area contributed by atoms with Gasteiger partial charge in [-0.1, -0.05) is 0 Å². The smallest absolute Gasteiger partial charge is 0.411 e. The minimum absolute atomic E-state index is 0.0952. The number of nitriles is 1. The Kier molecular flexibility index (Phi) is 4.37. The van der Waals surface area contributed by atoms with Crippen LogP contribution in [0.4, 0.5) is 10.5 Å². The maximum Gasteiger partial charge on any atom is 0.411 e. The first-order valence-corrected chi connectivity index (χ1v) is 6.41. The Balaban J connectivity index is 1.85. The van der Waals surface area contributed by atoms with Crippen molar-refractivity contribution in [1.29, 1.82) is 5.26 Å². The lowest BCUT2D eigenvalue weighted by atomic mass is 9.94. The van der Waals surface area contributed by atoms with Crippen molar-refractivity contribution in [2.24, 2.45) is 5.73 Å². The second-order valence-electron chi connectivity index (χ2n) is 4.77. The van der Waals surface area contributed by atoms with Crippen molar-refractivity contribution >= 4 is 11.8 Å². The lowest BCUT2D eigenvalue weighted by Crippen LogP contribution is -2.34. The van der Waals surface area contributed by atoms with Gasteiger partial charge in [-0.3, -0.25) is 5.32 Å². The first kappa shape index (κ1) is 13.4. The molecule has 1 saturated carbocycles. The van der Waals surface area contributed by atoms with Gasteiger partial charge in [-0.25, -0.2) is 4.79 Å². The molecule has 1 aromatic rings. The molecule has 3 N–H and O–H groups in total. The van der Waals surface area contributed by atoms with Gasteiger partial charge >= 0.3 is 6.09 Å². The Morgan fingerprint density at radius 2 is 2.11 bits per heavy atom. The van der Waals surface area contributed by atoms with E-state index in [0.717, 1.165) is 25.7 Å². The third-order valence-electron chi connectivity index (χ3n) is 3.20. The van der Waals surface area contributed by atoms with E-state index in [1.165, 1.54) is 0 Å². The fraction of sp³-hybridized carbons (Fsp3) is 0.429. The number of carbonyl (C=O) groups excluding carboxylic acids is 1. The van der Waals surface area contributed by atoms with E-state index in [1.54, 1.807) is 24.3 Å². The van der Waals surface area contributed by atoms with Gasteiger partial charge in [-0.2, -0.15) is 5.26 Å². The number of amides is 1. The Morgan fingerprint density at radius 3 is 2.74 bits per heavy atom. The van der Waals surface area contributed by atoms with Crippen molar-refractivity contribution in [2.75, 3.05) is 5.32 Å². The predicted octanol–water partition coefficient (Wildman–Crippen LogP) is 2.38. The monoisotopic (exact) mass is 259 g/mol. The molecule has 2 unspecified atom stereocenters. The van der Waals surface area contributed by atoms with Crippen molar-refractivity contribution in [3.8, 4) is 6.07 Å². The van der Waals surface area contributed by atoms with Crippen molar-refractivity contribution < 1.29 is 9.53 Å². The fourth-order valence-corrected chi connectivity index (χ4v) is 2.21. The van der Waals surface area contributed by atoms with Crippen LogP contribution in [0.2, 0.25) is 0 Å². The van der Waals surface area contributed by atoms with Crippen molar-refractivity contribution in [1.82, 2.24) is 0 Å². The average molecular weight is 259 g/mol. The Hall–Kier alpha value is -2.06. The highest BCUT2D eigenvalue weighted by molar-refractivity contribution is 5.84. The van der Waals surface area contributed by atoms with Crippen LogP contribution in [0.25, 0.3) is 0 Å². The van der Waals surface area contributed by atoms with Crippen molar-refractivity contribution in [3.63, 3.8) is 0 Å². The van der Waals surface area contributed by atoms with E-state index in [0.29, 0.717) is 11.3 Å². The summed E-state index contributed by atoms with van der Waals surface area (Å²) in [5, 5.41) is 11.3. The average Bonchev–Trinajstić information content (AvgIpc) is 2.39. The van der Waals surface area contributed by atoms with Crippen LogP contribution >= 0.6 is 0 Å². The largest absolute Gasteiger partial charge is 0.446 e. The molecule has 2 atom stereocenters. The van der Waals surface area contributed by atoms with E-state index in [4.69, 9.17) is 15.7 Å². The predicted molar refractivity (Wildman–Crippen MR) is 71.5 cm³/mol. The number of nitrogens with two attached hydrogens (primary N) is 1. The Labute approximate surface area is 112 Å². The summed E-state index contributed by atoms with van der Waals surface area (Å²) in [5.41, 5.74) is 7.01. The molecular formula is C14H17N3O2. The number of hydrogen-bond acceptors (Lipinski definition) is 4. The van der Waals surface area contributed by atoms with E-state index in [9.17, 15) is 4.79 Å². The molecule has 5 heteroatoms. The topological polar surface area (TPSA) is 88.1 Å². The quantitative estimate of drug-likeness (QED) is 0.853. The highest BCUT2D eigenvalue weighted by Crippen LogP contribution is 2.20. The second kappa shape index (κ2) is 6.21. The minimum Gasteiger partial charge on any atom is -0.446 e. The van der Waals surface area contributed by atoms with Crippen molar-refractivity contribution in [3.05, 3.63) is 29.8 Å². The molecule has 0 saturated heterocycles. The molecule has 1 aliphatic carbocycles. The highest BCUT2D eigenvalue weighted by atomic mass is 16.6. The zero-order chi connectivity index (χ0) is 13.7. The lowest BCUT2D eigenvalue weighted by molar-refractivity contribution is 0.0811. The van der Waals surface area contributed by atoms with Gasteiger partial charge in [0.1, 0.15) is 6.10 Å². The molecular weight excluding hydrogens is 242 g/mol. The molecule has 2 rings (SSSR count). The normalized spacial score (nSPS) is 22.3. The van der Waals surface area contributed by atoms with E-state index in [1.807, 2.05) is 6.07 Å². The van der Waals surface area contributed by atoms with Gasteiger partial charge < -0.3 is 10.5 Å². The maximum atomic E-state index is 11.7. The Bertz CT molecular complexity index is 478. The Morgan fingerprint density at radius 1 is 1.37 bits per heavy atom. The zero-order valence-corrected chi connectivity index (χ0v) is 10.6. The summed E-state index contributed by atoms with van der Waals surface area (Å²) in [6.45, 7) is 0. The number of ether oxygens (including phenoxy) is 1. The number of hydrogen-bond donors (Lipinski definition) is 2. The third kappa shape index (κ3) is 3.97. The van der Waals surface area contributed by atoms with Crippen molar-refractivity contribution in [2.45, 2.75) is 37.8 Å².